The number of hydrogen-bond acceptors (Lipinski definition) is 3. The lowest BCUT2D eigenvalue weighted by Crippen LogP contribution is -2.16. The molecule has 0 spiro atoms. The Morgan fingerprint density at radius 1 is 1.47 bits per heavy atom. The van der Waals surface area contributed by atoms with Crippen molar-refractivity contribution in [3.8, 4) is 0 Å². The molecule has 1 aromatic heterocycles. The van der Waals surface area contributed by atoms with E-state index in [1.165, 1.54) is 38.4 Å². The zero-order chi connectivity index (χ0) is 12.1. The third-order valence-corrected chi connectivity index (χ3v) is 3.47. The van der Waals surface area contributed by atoms with Crippen LogP contribution in [0.15, 0.2) is 18.7 Å². The third-order valence-electron chi connectivity index (χ3n) is 3.47. The van der Waals surface area contributed by atoms with Crippen molar-refractivity contribution in [1.82, 2.24) is 14.8 Å². The van der Waals surface area contributed by atoms with Crippen molar-refractivity contribution in [2.75, 3.05) is 0 Å². The Kier molecular flexibility index (Phi) is 4.31. The van der Waals surface area contributed by atoms with Crippen LogP contribution < -0.4 is 0 Å². The van der Waals surface area contributed by atoms with Gasteiger partial charge >= 0.3 is 0 Å². The molecule has 0 amide bonds. The van der Waals surface area contributed by atoms with Crippen LogP contribution in [0.2, 0.25) is 0 Å². The first kappa shape index (κ1) is 12.3. The quantitative estimate of drug-likeness (QED) is 0.872. The second-order valence-corrected chi connectivity index (χ2v) is 4.75. The van der Waals surface area contributed by atoms with Gasteiger partial charge in [0, 0.05) is 0 Å². The van der Waals surface area contributed by atoms with Gasteiger partial charge in [-0.1, -0.05) is 32.3 Å². The molecule has 2 rings (SSSR count). The van der Waals surface area contributed by atoms with Crippen molar-refractivity contribution in [2.24, 2.45) is 5.92 Å². The number of allylic oxidation sites excluding steroid dienone is 1. The van der Waals surface area contributed by atoms with Crippen LogP contribution in [0.5, 0.6) is 0 Å². The van der Waals surface area contributed by atoms with Crippen LogP contribution in [-0.4, -0.2) is 26.0 Å². The van der Waals surface area contributed by atoms with Gasteiger partial charge in [0.05, 0.1) is 11.8 Å². The van der Waals surface area contributed by atoms with Crippen molar-refractivity contribution in [2.45, 2.75) is 51.6 Å². The molecule has 0 bridgehead atoms. The van der Waals surface area contributed by atoms with Crippen LogP contribution in [-0.2, 0) is 0 Å². The summed E-state index contributed by atoms with van der Waals surface area (Å²) in [6.45, 7) is 1.98. The van der Waals surface area contributed by atoms with Crippen molar-refractivity contribution in [1.29, 1.82) is 0 Å². The number of aliphatic hydroxyl groups excluding tert-OH is 1. The van der Waals surface area contributed by atoms with Crippen LogP contribution in [0, 0.1) is 5.92 Å². The van der Waals surface area contributed by atoms with Crippen molar-refractivity contribution in [3.63, 3.8) is 0 Å². The van der Waals surface area contributed by atoms with Gasteiger partial charge in [0.2, 0.25) is 0 Å². The lowest BCUT2D eigenvalue weighted by Gasteiger charge is -2.21. The minimum atomic E-state index is -0.446. The molecule has 1 unspecified atom stereocenters. The van der Waals surface area contributed by atoms with E-state index >= 15 is 0 Å². The molecule has 1 saturated carbocycles. The first-order valence-electron chi connectivity index (χ1n) is 6.56. The fraction of sp³-hybridized carbons (Fsp3) is 0.692. The van der Waals surface area contributed by atoms with Crippen molar-refractivity contribution < 1.29 is 5.11 Å². The fourth-order valence-electron chi connectivity index (χ4n) is 2.43. The molecule has 1 aliphatic rings. The lowest BCUT2D eigenvalue weighted by atomic mass is 9.88. The highest BCUT2D eigenvalue weighted by Crippen LogP contribution is 2.27. The Morgan fingerprint density at radius 2 is 2.24 bits per heavy atom. The first-order valence-corrected chi connectivity index (χ1v) is 6.56. The maximum atomic E-state index is 10.1. The standard InChI is InChI=1S/C13H21N3O/c1-2-13(17)12(16-10-14-9-15-16)8-11-6-4-3-5-7-11/h8-11,13,17H,2-7H2,1H3/b12-8-. The molecule has 1 fully saturated rings. The van der Waals surface area contributed by atoms with E-state index in [1.807, 2.05) is 6.92 Å². The summed E-state index contributed by atoms with van der Waals surface area (Å²) in [5.74, 6) is 0.587. The summed E-state index contributed by atoms with van der Waals surface area (Å²) in [7, 11) is 0. The predicted octanol–water partition coefficient (Wildman–Crippen LogP) is 2.47. The summed E-state index contributed by atoms with van der Waals surface area (Å²) in [4.78, 5) is 3.95. The second-order valence-electron chi connectivity index (χ2n) is 4.75. The molecule has 1 aromatic rings. The molecule has 4 heteroatoms. The molecular weight excluding hydrogens is 214 g/mol. The summed E-state index contributed by atoms with van der Waals surface area (Å²) in [5, 5.41) is 14.2. The van der Waals surface area contributed by atoms with Gasteiger partial charge in [-0.3, -0.25) is 0 Å². The van der Waals surface area contributed by atoms with E-state index in [1.54, 1.807) is 11.0 Å². The molecule has 17 heavy (non-hydrogen) atoms. The van der Waals surface area contributed by atoms with E-state index in [-0.39, 0.29) is 0 Å². The van der Waals surface area contributed by atoms with E-state index in [9.17, 15) is 5.11 Å². The molecule has 0 aromatic carbocycles. The normalized spacial score (nSPS) is 20.5. The maximum absolute atomic E-state index is 10.1. The van der Waals surface area contributed by atoms with E-state index in [4.69, 9.17) is 0 Å². The molecule has 0 radical (unpaired) electrons. The number of nitrogens with zero attached hydrogens (tertiary/aromatic N) is 3. The molecule has 0 aliphatic heterocycles. The molecule has 0 saturated heterocycles. The molecule has 94 valence electrons. The van der Waals surface area contributed by atoms with Gasteiger partial charge in [0.25, 0.3) is 0 Å². The molecule has 1 aliphatic carbocycles. The molecule has 4 nitrogen and oxygen atoms in total. The summed E-state index contributed by atoms with van der Waals surface area (Å²) < 4.78 is 1.70. The van der Waals surface area contributed by atoms with E-state index < -0.39 is 6.10 Å². The Labute approximate surface area is 102 Å². The number of aromatic nitrogens is 3. The smallest absolute Gasteiger partial charge is 0.138 e. The Balaban J connectivity index is 2.17. The molecule has 1 N–H and O–H groups in total. The molecule has 1 atom stereocenters. The molecular formula is C13H21N3O. The topological polar surface area (TPSA) is 50.9 Å². The Bertz CT molecular complexity index is 353. The monoisotopic (exact) mass is 235 g/mol. The number of aliphatic hydroxyl groups is 1. The third kappa shape index (κ3) is 3.16. The van der Waals surface area contributed by atoms with Gasteiger partial charge in [0.15, 0.2) is 0 Å². The average molecular weight is 235 g/mol. The molecule has 1 heterocycles. The van der Waals surface area contributed by atoms with Crippen LogP contribution in [0.1, 0.15) is 45.4 Å². The summed E-state index contributed by atoms with van der Waals surface area (Å²) in [6.07, 6.45) is 12.0. The van der Waals surface area contributed by atoms with Gasteiger partial charge in [0.1, 0.15) is 12.7 Å². The minimum absolute atomic E-state index is 0.446. The highest BCUT2D eigenvalue weighted by molar-refractivity contribution is 5.48. The van der Waals surface area contributed by atoms with Crippen LogP contribution in [0.3, 0.4) is 0 Å². The second kappa shape index (κ2) is 5.96. The highest BCUT2D eigenvalue weighted by atomic mass is 16.3. The van der Waals surface area contributed by atoms with Crippen molar-refractivity contribution in [3.05, 3.63) is 18.7 Å². The van der Waals surface area contributed by atoms with Gasteiger partial charge < -0.3 is 5.11 Å². The highest BCUT2D eigenvalue weighted by Gasteiger charge is 2.17. The van der Waals surface area contributed by atoms with Gasteiger partial charge in [-0.15, -0.1) is 0 Å². The Hall–Kier alpha value is -1.16. The Morgan fingerprint density at radius 3 is 2.82 bits per heavy atom. The van der Waals surface area contributed by atoms with E-state index in [0.717, 1.165) is 5.70 Å². The first-order chi connectivity index (χ1) is 8.31. The minimum Gasteiger partial charge on any atom is -0.387 e. The van der Waals surface area contributed by atoms with Gasteiger partial charge in [-0.25, -0.2) is 9.67 Å². The average Bonchev–Trinajstić information content (AvgIpc) is 2.90. The summed E-state index contributed by atoms with van der Waals surface area (Å²) >= 11 is 0. The zero-order valence-electron chi connectivity index (χ0n) is 10.4. The summed E-state index contributed by atoms with van der Waals surface area (Å²) in [6, 6.07) is 0. The van der Waals surface area contributed by atoms with Crippen LogP contribution >= 0.6 is 0 Å². The van der Waals surface area contributed by atoms with Gasteiger partial charge in [-0.05, 0) is 25.2 Å². The predicted molar refractivity (Wildman–Crippen MR) is 67.2 cm³/mol. The number of rotatable bonds is 4. The van der Waals surface area contributed by atoms with E-state index in [2.05, 4.69) is 16.2 Å². The number of hydrogen-bond donors (Lipinski definition) is 1. The van der Waals surface area contributed by atoms with E-state index in [0.29, 0.717) is 12.3 Å². The zero-order valence-corrected chi connectivity index (χ0v) is 10.4. The summed E-state index contributed by atoms with van der Waals surface area (Å²) in [5.41, 5.74) is 0.886. The van der Waals surface area contributed by atoms with Crippen molar-refractivity contribution >= 4 is 5.70 Å². The SMILES string of the molecule is CCC(O)/C(=C/C1CCCCC1)n1cncn1. The fourth-order valence-corrected chi connectivity index (χ4v) is 2.43. The largest absolute Gasteiger partial charge is 0.387 e. The van der Waals surface area contributed by atoms with Crippen LogP contribution in [0.25, 0.3) is 5.70 Å². The maximum Gasteiger partial charge on any atom is 0.138 e. The lowest BCUT2D eigenvalue weighted by molar-refractivity contribution is 0.219. The van der Waals surface area contributed by atoms with Crippen LogP contribution in [0.4, 0.5) is 0 Å². The van der Waals surface area contributed by atoms with Gasteiger partial charge in [-0.2, -0.15) is 5.10 Å².